The molecule has 8 aliphatic rings. The first-order chi connectivity index (χ1) is 12.8. The molecule has 2 saturated heterocycles. The number of nitrogens with zero attached hydrogens (tertiary/aromatic N) is 1. The Kier molecular flexibility index (Phi) is 2.34. The first kappa shape index (κ1) is 14.2. The molecule has 0 spiro atoms. The minimum atomic E-state index is 0.581. The summed E-state index contributed by atoms with van der Waals surface area (Å²) in [5, 5.41) is 9.36. The standard InChI is InChI=1S/C24H29NO/c1-9-12(4-5-25)14-7-13(9)19-20(14)24-22-16-8-15(21(22)23(19)26-24)17-10-2-3-11(6-10)18(16)17/h2-3,9-24H,4,6-8H2,1H3. The fraction of sp³-hybridized carbons (Fsp3) is 0.875. The lowest BCUT2D eigenvalue weighted by Crippen LogP contribution is -2.51. The maximum atomic E-state index is 9.36. The van der Waals surface area contributed by atoms with Gasteiger partial charge < -0.3 is 4.74 Å². The highest BCUT2D eigenvalue weighted by molar-refractivity contribution is 5.28. The molecule has 2 heterocycles. The summed E-state index contributed by atoms with van der Waals surface area (Å²) < 4.78 is 6.90. The first-order valence-corrected chi connectivity index (χ1v) is 11.5. The van der Waals surface area contributed by atoms with Crippen molar-refractivity contribution >= 4 is 0 Å². The van der Waals surface area contributed by atoms with Gasteiger partial charge in [-0.25, -0.2) is 0 Å². The van der Waals surface area contributed by atoms with E-state index < -0.39 is 0 Å². The second kappa shape index (κ2) is 4.27. The Balaban J connectivity index is 1.19. The van der Waals surface area contributed by atoms with Crippen molar-refractivity contribution in [1.29, 1.82) is 5.26 Å². The SMILES string of the molecule is CC1C(CC#N)C2CC1C1C3OC(C21)C1C2CC(C4C5C=CC(C5)C24)C31. The van der Waals surface area contributed by atoms with Crippen molar-refractivity contribution < 1.29 is 4.74 Å². The van der Waals surface area contributed by atoms with Gasteiger partial charge in [-0.2, -0.15) is 5.26 Å². The van der Waals surface area contributed by atoms with E-state index >= 15 is 0 Å². The third-order valence-corrected chi connectivity index (χ3v) is 11.6. The molecule has 5 saturated carbocycles. The largest absolute Gasteiger partial charge is 0.374 e. The van der Waals surface area contributed by atoms with Crippen molar-refractivity contribution in [3.63, 3.8) is 0 Å². The third kappa shape index (κ3) is 1.26. The molecule has 16 atom stereocenters. The molecule has 26 heavy (non-hydrogen) atoms. The molecule has 2 heteroatoms. The Morgan fingerprint density at radius 1 is 0.808 bits per heavy atom. The van der Waals surface area contributed by atoms with E-state index in [1.54, 1.807) is 6.42 Å². The van der Waals surface area contributed by atoms with Crippen LogP contribution in [-0.2, 0) is 4.74 Å². The summed E-state index contributed by atoms with van der Waals surface area (Å²) in [4.78, 5) is 0. The summed E-state index contributed by atoms with van der Waals surface area (Å²) in [6.45, 7) is 2.46. The maximum absolute atomic E-state index is 9.36. The summed E-state index contributed by atoms with van der Waals surface area (Å²) in [5.74, 6) is 12.5. The van der Waals surface area contributed by atoms with Crippen molar-refractivity contribution in [2.24, 2.45) is 82.9 Å². The molecule has 16 unspecified atom stereocenters. The third-order valence-electron chi connectivity index (χ3n) is 11.6. The predicted octanol–water partition coefficient (Wildman–Crippen LogP) is 4.14. The smallest absolute Gasteiger partial charge is 0.0648 e. The molecule has 136 valence electrons. The predicted molar refractivity (Wildman–Crippen MR) is 96.4 cm³/mol. The maximum Gasteiger partial charge on any atom is 0.0648 e. The molecule has 0 aromatic carbocycles. The zero-order valence-electron chi connectivity index (χ0n) is 15.6. The van der Waals surface area contributed by atoms with Crippen molar-refractivity contribution in [1.82, 2.24) is 0 Å². The van der Waals surface area contributed by atoms with Crippen LogP contribution >= 0.6 is 0 Å². The molecule has 2 aliphatic heterocycles. The normalized spacial score (nSPS) is 72.2. The second-order valence-electron chi connectivity index (χ2n) is 11.5. The Bertz CT molecular complexity index is 767. The van der Waals surface area contributed by atoms with Crippen LogP contribution in [0.1, 0.15) is 32.6 Å². The van der Waals surface area contributed by atoms with E-state index in [-0.39, 0.29) is 0 Å². The summed E-state index contributed by atoms with van der Waals surface area (Å²) in [7, 11) is 0. The molecule has 0 aromatic heterocycles. The molecule has 7 fully saturated rings. The monoisotopic (exact) mass is 347 g/mol. The molecule has 6 aliphatic carbocycles. The van der Waals surface area contributed by atoms with E-state index in [0.29, 0.717) is 18.1 Å². The van der Waals surface area contributed by atoms with Crippen LogP contribution in [0.3, 0.4) is 0 Å². The number of nitriles is 1. The van der Waals surface area contributed by atoms with E-state index in [4.69, 9.17) is 4.74 Å². The van der Waals surface area contributed by atoms with Crippen molar-refractivity contribution in [3.8, 4) is 6.07 Å². The molecule has 8 rings (SSSR count). The van der Waals surface area contributed by atoms with Crippen LogP contribution in [0.4, 0.5) is 0 Å². The van der Waals surface area contributed by atoms with Gasteiger partial charge in [0.2, 0.25) is 0 Å². The topological polar surface area (TPSA) is 33.0 Å². The fourth-order valence-electron chi connectivity index (χ4n) is 11.4. The molecule has 8 bridgehead atoms. The van der Waals surface area contributed by atoms with Crippen LogP contribution in [0.2, 0.25) is 0 Å². The van der Waals surface area contributed by atoms with Crippen LogP contribution in [0.25, 0.3) is 0 Å². The van der Waals surface area contributed by atoms with Crippen LogP contribution in [0, 0.1) is 94.2 Å². The average Bonchev–Trinajstić information content (AvgIpc) is 3.42. The van der Waals surface area contributed by atoms with Crippen LogP contribution in [-0.4, -0.2) is 12.2 Å². The van der Waals surface area contributed by atoms with Gasteiger partial charge in [0.25, 0.3) is 0 Å². The molecule has 0 amide bonds. The number of hydrogen-bond donors (Lipinski definition) is 0. The lowest BCUT2D eigenvalue weighted by atomic mass is 9.53. The summed E-state index contributed by atoms with van der Waals surface area (Å²) in [5.41, 5.74) is 0. The zero-order chi connectivity index (χ0) is 16.9. The highest BCUT2D eigenvalue weighted by atomic mass is 16.5. The Morgan fingerprint density at radius 3 is 2.04 bits per heavy atom. The number of ether oxygens (including phenoxy) is 1. The Morgan fingerprint density at radius 2 is 1.38 bits per heavy atom. The minimum absolute atomic E-state index is 0.581. The van der Waals surface area contributed by atoms with Crippen molar-refractivity contribution in [2.45, 2.75) is 44.8 Å². The van der Waals surface area contributed by atoms with Crippen molar-refractivity contribution in [2.75, 3.05) is 0 Å². The molecular formula is C24H29NO. The van der Waals surface area contributed by atoms with Crippen molar-refractivity contribution in [3.05, 3.63) is 12.2 Å². The van der Waals surface area contributed by atoms with Gasteiger partial charge in [0, 0.05) is 6.42 Å². The summed E-state index contributed by atoms with van der Waals surface area (Å²) in [6.07, 6.45) is 11.6. The molecule has 0 aromatic rings. The summed E-state index contributed by atoms with van der Waals surface area (Å²) >= 11 is 0. The van der Waals surface area contributed by atoms with E-state index in [9.17, 15) is 5.26 Å². The Labute approximate surface area is 156 Å². The van der Waals surface area contributed by atoms with E-state index in [0.717, 1.165) is 83.4 Å². The van der Waals surface area contributed by atoms with Gasteiger partial charge in [0.05, 0.1) is 18.3 Å². The lowest BCUT2D eigenvalue weighted by Gasteiger charge is -2.49. The molecule has 0 radical (unpaired) electrons. The van der Waals surface area contributed by atoms with Gasteiger partial charge in [0.15, 0.2) is 0 Å². The fourth-order valence-corrected chi connectivity index (χ4v) is 11.4. The van der Waals surface area contributed by atoms with Gasteiger partial charge in [0.1, 0.15) is 0 Å². The Hall–Kier alpha value is -0.810. The average molecular weight is 348 g/mol. The van der Waals surface area contributed by atoms with Gasteiger partial charge in [-0.3, -0.25) is 0 Å². The van der Waals surface area contributed by atoms with E-state index in [1.807, 2.05) is 0 Å². The summed E-state index contributed by atoms with van der Waals surface area (Å²) in [6, 6.07) is 2.52. The van der Waals surface area contributed by atoms with Gasteiger partial charge in [-0.1, -0.05) is 19.1 Å². The zero-order valence-corrected chi connectivity index (χ0v) is 15.6. The highest BCUT2D eigenvalue weighted by Gasteiger charge is 2.77. The van der Waals surface area contributed by atoms with Crippen LogP contribution < -0.4 is 0 Å². The van der Waals surface area contributed by atoms with Gasteiger partial charge in [-0.05, 0) is 102 Å². The first-order valence-electron chi connectivity index (χ1n) is 11.5. The van der Waals surface area contributed by atoms with E-state index in [1.165, 1.54) is 12.8 Å². The highest BCUT2D eigenvalue weighted by Crippen LogP contribution is 2.78. The number of fused-ring (bicyclic) bond motifs is 23. The van der Waals surface area contributed by atoms with Gasteiger partial charge >= 0.3 is 0 Å². The molecule has 2 nitrogen and oxygen atoms in total. The molecule has 0 N–H and O–H groups in total. The lowest BCUT2D eigenvalue weighted by molar-refractivity contribution is -0.00193. The number of rotatable bonds is 1. The number of allylic oxidation sites excluding steroid dienone is 2. The quantitative estimate of drug-likeness (QED) is 0.528. The van der Waals surface area contributed by atoms with E-state index in [2.05, 4.69) is 25.1 Å². The minimum Gasteiger partial charge on any atom is -0.374 e. The van der Waals surface area contributed by atoms with Crippen LogP contribution in [0.15, 0.2) is 12.2 Å². The molecular weight excluding hydrogens is 318 g/mol. The second-order valence-corrected chi connectivity index (χ2v) is 11.5. The van der Waals surface area contributed by atoms with Crippen LogP contribution in [0.5, 0.6) is 0 Å². The number of hydrogen-bond acceptors (Lipinski definition) is 2. The van der Waals surface area contributed by atoms with Gasteiger partial charge in [-0.15, -0.1) is 0 Å².